The minimum Gasteiger partial charge on any atom is -0.870 e. The van der Waals surface area contributed by atoms with Gasteiger partial charge < -0.3 is 21.9 Å². The Balaban J connectivity index is 0. The third-order valence-corrected chi connectivity index (χ3v) is 0. The Bertz CT molecular complexity index is 3.61. The van der Waals surface area contributed by atoms with E-state index in [4.69, 9.17) is 0 Å². The van der Waals surface area contributed by atoms with Gasteiger partial charge in [0, 0.05) is 0 Å². The van der Waals surface area contributed by atoms with Crippen molar-refractivity contribution >= 4 is 0 Å². The van der Waals surface area contributed by atoms with Gasteiger partial charge >= 0.3 is 18.9 Å². The van der Waals surface area contributed by atoms with Crippen molar-refractivity contribution in [3.8, 4) is 0 Å². The molecule has 5 heavy (non-hydrogen) atoms. The number of hydrogen-bond donors (Lipinski definition) is 0. The Hall–Kier alpha value is 0.437. The molecule has 0 aliphatic heterocycles. The van der Waals surface area contributed by atoms with E-state index in [9.17, 15) is 0 Å². The molecule has 4 nitrogen and oxygen atoms in total. The van der Waals surface area contributed by atoms with Gasteiger partial charge in [-0.2, -0.15) is 0 Å². The molecule has 0 saturated carbocycles. The van der Waals surface area contributed by atoms with E-state index in [2.05, 4.69) is 0 Å². The van der Waals surface area contributed by atoms with E-state index < -0.39 is 0 Å². The van der Waals surface area contributed by atoms with E-state index in [-0.39, 0.29) is 40.8 Å². The van der Waals surface area contributed by atoms with Gasteiger partial charge in [-0.3, -0.25) is 0 Å². The Morgan fingerprint density at radius 3 is 0.600 bits per heavy atom. The van der Waals surface area contributed by atoms with Crippen LogP contribution in [0.3, 0.4) is 0 Å². The molecule has 0 radical (unpaired) electrons. The molecule has 0 aromatic heterocycles. The molecule has 0 rings (SSSR count). The molecule has 0 aliphatic carbocycles. The first-order valence-corrected chi connectivity index (χ1v) is 0. The molecular formula is H7LiO4. The van der Waals surface area contributed by atoms with Gasteiger partial charge in [0.25, 0.3) is 0 Å². The van der Waals surface area contributed by atoms with E-state index in [1.54, 1.807) is 0 Å². The van der Waals surface area contributed by atoms with Crippen molar-refractivity contribution in [1.29, 1.82) is 0 Å². The quantitative estimate of drug-likeness (QED) is 0.263. The van der Waals surface area contributed by atoms with Crippen molar-refractivity contribution in [2.75, 3.05) is 0 Å². The zero-order valence-electron chi connectivity index (χ0n) is 2.95. The summed E-state index contributed by atoms with van der Waals surface area (Å²) in [6.07, 6.45) is 0. The summed E-state index contributed by atoms with van der Waals surface area (Å²) in [7, 11) is 0. The Kier molecular flexibility index (Phi) is 30700. The minimum atomic E-state index is 0. The second-order valence-electron chi connectivity index (χ2n) is 0. The summed E-state index contributed by atoms with van der Waals surface area (Å²) in [5, 5.41) is 0. The van der Waals surface area contributed by atoms with Crippen LogP contribution < -0.4 is 18.9 Å². The summed E-state index contributed by atoms with van der Waals surface area (Å²) in [4.78, 5) is 0. The van der Waals surface area contributed by atoms with Crippen LogP contribution in [0.25, 0.3) is 0 Å². The standard InChI is InChI=1S/Li.4H2O/h;4*1H2/q+1;;;;/p-1. The summed E-state index contributed by atoms with van der Waals surface area (Å²) in [6.45, 7) is 0. The monoisotopic (exact) mass is 78.1 g/mol. The maximum Gasteiger partial charge on any atom is 1.00 e. The third kappa shape index (κ3) is 138. The van der Waals surface area contributed by atoms with E-state index in [1.807, 2.05) is 0 Å². The van der Waals surface area contributed by atoms with E-state index in [1.165, 1.54) is 0 Å². The van der Waals surface area contributed by atoms with Crippen LogP contribution in [0, 0.1) is 0 Å². The van der Waals surface area contributed by atoms with Gasteiger partial charge in [0.15, 0.2) is 0 Å². The Morgan fingerprint density at radius 1 is 0.600 bits per heavy atom. The molecule has 5 heteroatoms. The van der Waals surface area contributed by atoms with Gasteiger partial charge in [0.05, 0.1) is 0 Å². The van der Waals surface area contributed by atoms with Crippen molar-refractivity contribution < 1.29 is 40.8 Å². The molecule has 32 valence electrons. The van der Waals surface area contributed by atoms with Crippen molar-refractivity contribution in [3.05, 3.63) is 0 Å². The van der Waals surface area contributed by atoms with E-state index in [0.29, 0.717) is 0 Å². The predicted molar refractivity (Wildman–Crippen MR) is 12.8 cm³/mol. The van der Waals surface area contributed by atoms with Crippen LogP contribution in [-0.2, 0) is 0 Å². The summed E-state index contributed by atoms with van der Waals surface area (Å²) in [5.41, 5.74) is 0. The third-order valence-electron chi connectivity index (χ3n) is 0. The molecule has 0 heterocycles. The van der Waals surface area contributed by atoms with Gasteiger partial charge in [-0.25, -0.2) is 0 Å². The zero-order valence-corrected chi connectivity index (χ0v) is 2.95. The van der Waals surface area contributed by atoms with Gasteiger partial charge in [-0.05, 0) is 0 Å². The fraction of sp³-hybridized carbons (Fsp3) is 0. The van der Waals surface area contributed by atoms with E-state index >= 15 is 0 Å². The van der Waals surface area contributed by atoms with Crippen molar-refractivity contribution in [2.24, 2.45) is 0 Å². The van der Waals surface area contributed by atoms with Crippen LogP contribution in [0.4, 0.5) is 0 Å². The molecule has 0 aliphatic rings. The fourth-order valence-electron chi connectivity index (χ4n) is 0. The minimum absolute atomic E-state index is 0. The molecular weight excluding hydrogens is 70.9 g/mol. The molecule has 0 bridgehead atoms. The summed E-state index contributed by atoms with van der Waals surface area (Å²) < 4.78 is 0. The molecule has 0 fully saturated rings. The normalized spacial score (nSPS) is 0. The first-order valence-electron chi connectivity index (χ1n) is 0. The number of hydrogen-bond acceptors (Lipinski definition) is 1. The summed E-state index contributed by atoms with van der Waals surface area (Å²) >= 11 is 0. The first kappa shape index (κ1) is 560. The van der Waals surface area contributed by atoms with Gasteiger partial charge in [0.2, 0.25) is 0 Å². The molecule has 0 saturated heterocycles. The molecule has 7 N–H and O–H groups in total. The predicted octanol–water partition coefficient (Wildman–Crippen LogP) is -5.65. The van der Waals surface area contributed by atoms with Crippen LogP contribution >= 0.6 is 0 Å². The van der Waals surface area contributed by atoms with Crippen LogP contribution in [-0.4, -0.2) is 21.9 Å². The summed E-state index contributed by atoms with van der Waals surface area (Å²) in [5.74, 6) is 0. The van der Waals surface area contributed by atoms with Crippen LogP contribution in [0.2, 0.25) is 0 Å². The molecule has 0 atom stereocenters. The molecule has 0 amide bonds. The molecule has 0 aromatic carbocycles. The van der Waals surface area contributed by atoms with Gasteiger partial charge in [0.1, 0.15) is 0 Å². The fourth-order valence-corrected chi connectivity index (χ4v) is 0. The van der Waals surface area contributed by atoms with E-state index in [0.717, 1.165) is 0 Å². The molecule has 0 spiro atoms. The maximum atomic E-state index is 0. The smallest absolute Gasteiger partial charge is 0.870 e. The average Bonchev–Trinajstić information content (AvgIpc) is 0. The second kappa shape index (κ2) is 274. The number of rotatable bonds is 0. The maximum absolute atomic E-state index is 0. The largest absolute Gasteiger partial charge is 1.00 e. The summed E-state index contributed by atoms with van der Waals surface area (Å²) in [6, 6.07) is 0. The Labute approximate surface area is 41.6 Å². The van der Waals surface area contributed by atoms with Crippen molar-refractivity contribution in [1.82, 2.24) is 0 Å². The van der Waals surface area contributed by atoms with Gasteiger partial charge in [-0.1, -0.05) is 0 Å². The van der Waals surface area contributed by atoms with Crippen molar-refractivity contribution in [2.45, 2.75) is 0 Å². The average molecular weight is 78.0 g/mol. The SMILES string of the molecule is O.O.O.[Li+].[OH-]. The molecule has 0 aromatic rings. The molecule has 0 unspecified atom stereocenters. The van der Waals surface area contributed by atoms with Crippen LogP contribution in [0.5, 0.6) is 0 Å². The van der Waals surface area contributed by atoms with Gasteiger partial charge in [-0.15, -0.1) is 0 Å². The first-order chi connectivity index (χ1) is 0. The zero-order chi connectivity index (χ0) is 0. The van der Waals surface area contributed by atoms with Crippen molar-refractivity contribution in [3.63, 3.8) is 0 Å². The second-order valence-corrected chi connectivity index (χ2v) is 0. The van der Waals surface area contributed by atoms with Crippen LogP contribution in [0.1, 0.15) is 0 Å². The van der Waals surface area contributed by atoms with Crippen LogP contribution in [0.15, 0.2) is 0 Å². The topological polar surface area (TPSA) is 124 Å². The Morgan fingerprint density at radius 2 is 0.600 bits per heavy atom.